The highest BCUT2D eigenvalue weighted by Gasteiger charge is 2.22. The number of esters is 1. The number of fused-ring (bicyclic) bond motifs is 3. The molecule has 0 aliphatic carbocycles. The SMILES string of the molecule is COCc1c(OC(=O)OC(C)C)ncc2[nH]c3ccc(Oc4ccccc4C(=O)OC(C)(C)C)cc3c12. The molecule has 1 N–H and O–H groups in total. The van der Waals surface area contributed by atoms with Crippen LogP contribution in [-0.2, 0) is 20.8 Å². The molecule has 9 nitrogen and oxygen atoms in total. The van der Waals surface area contributed by atoms with Crippen LogP contribution in [0.3, 0.4) is 0 Å². The molecule has 2 aromatic heterocycles. The molecule has 4 rings (SSSR count). The molecule has 4 aromatic rings. The number of nitrogens with zero attached hydrogens (tertiary/aromatic N) is 1. The van der Waals surface area contributed by atoms with E-state index in [1.165, 1.54) is 0 Å². The number of carbonyl (C=O) groups excluding carboxylic acids is 2. The van der Waals surface area contributed by atoms with Crippen LogP contribution in [0.25, 0.3) is 21.8 Å². The fraction of sp³-hybridized carbons (Fsp3) is 0.321. The molecular formula is C28H30N2O7. The fourth-order valence-corrected chi connectivity index (χ4v) is 3.83. The van der Waals surface area contributed by atoms with Crippen LogP contribution >= 0.6 is 0 Å². The molecule has 9 heteroatoms. The number of rotatable bonds is 7. The van der Waals surface area contributed by atoms with Gasteiger partial charge in [-0.2, -0.15) is 0 Å². The maximum absolute atomic E-state index is 12.7. The minimum Gasteiger partial charge on any atom is -0.456 e. The molecule has 2 aromatic carbocycles. The monoisotopic (exact) mass is 506 g/mol. The van der Waals surface area contributed by atoms with Gasteiger partial charge in [0.05, 0.1) is 30.0 Å². The van der Waals surface area contributed by atoms with Crippen molar-refractivity contribution >= 4 is 33.9 Å². The van der Waals surface area contributed by atoms with E-state index < -0.39 is 17.7 Å². The quantitative estimate of drug-likeness (QED) is 0.282. The van der Waals surface area contributed by atoms with Crippen LogP contribution in [0.5, 0.6) is 17.4 Å². The highest BCUT2D eigenvalue weighted by atomic mass is 16.7. The highest BCUT2D eigenvalue weighted by molar-refractivity contribution is 6.09. The van der Waals surface area contributed by atoms with Gasteiger partial charge in [0, 0.05) is 23.4 Å². The molecule has 194 valence electrons. The molecule has 0 radical (unpaired) electrons. The van der Waals surface area contributed by atoms with E-state index in [1.54, 1.807) is 57.5 Å². The number of para-hydroxylation sites is 1. The van der Waals surface area contributed by atoms with Crippen LogP contribution in [0.1, 0.15) is 50.5 Å². The van der Waals surface area contributed by atoms with Gasteiger partial charge in [0.15, 0.2) is 0 Å². The third-order valence-electron chi connectivity index (χ3n) is 5.20. The summed E-state index contributed by atoms with van der Waals surface area (Å²) in [5, 5.41) is 1.57. The first kappa shape index (κ1) is 26.0. The van der Waals surface area contributed by atoms with Crippen molar-refractivity contribution in [3.8, 4) is 17.4 Å². The predicted octanol–water partition coefficient (Wildman–Crippen LogP) is 6.53. The molecule has 0 aliphatic heterocycles. The van der Waals surface area contributed by atoms with E-state index in [0.717, 1.165) is 21.8 Å². The summed E-state index contributed by atoms with van der Waals surface area (Å²) in [7, 11) is 1.55. The minimum absolute atomic E-state index is 0.0995. The molecule has 0 atom stereocenters. The molecule has 0 spiro atoms. The Hall–Kier alpha value is -4.11. The molecule has 0 aliphatic rings. The van der Waals surface area contributed by atoms with Crippen LogP contribution in [0.4, 0.5) is 4.79 Å². The van der Waals surface area contributed by atoms with Crippen molar-refractivity contribution in [3.05, 3.63) is 59.8 Å². The molecule has 0 saturated heterocycles. The minimum atomic E-state index is -0.846. The van der Waals surface area contributed by atoms with Crippen LogP contribution in [0.2, 0.25) is 0 Å². The Kier molecular flexibility index (Phi) is 7.35. The second kappa shape index (κ2) is 10.5. The Morgan fingerprint density at radius 1 is 1.05 bits per heavy atom. The molecule has 37 heavy (non-hydrogen) atoms. The van der Waals surface area contributed by atoms with Gasteiger partial charge >= 0.3 is 12.1 Å². The number of pyridine rings is 1. The van der Waals surface area contributed by atoms with Gasteiger partial charge in [0.1, 0.15) is 22.7 Å². The number of hydrogen-bond donors (Lipinski definition) is 1. The largest absolute Gasteiger partial charge is 0.515 e. The van der Waals surface area contributed by atoms with Gasteiger partial charge in [-0.05, 0) is 65.0 Å². The number of nitrogens with one attached hydrogen (secondary N) is 1. The maximum Gasteiger partial charge on any atom is 0.515 e. The van der Waals surface area contributed by atoms with Gasteiger partial charge in [-0.1, -0.05) is 12.1 Å². The van der Waals surface area contributed by atoms with Gasteiger partial charge in [0.2, 0.25) is 5.88 Å². The van der Waals surface area contributed by atoms with Gasteiger partial charge < -0.3 is 28.7 Å². The average Bonchev–Trinajstić information content (AvgIpc) is 3.17. The lowest BCUT2D eigenvalue weighted by Crippen LogP contribution is -2.24. The molecule has 0 saturated carbocycles. The Balaban J connectivity index is 1.75. The van der Waals surface area contributed by atoms with Crippen LogP contribution in [0, 0.1) is 0 Å². The van der Waals surface area contributed by atoms with Crippen LogP contribution in [0.15, 0.2) is 48.7 Å². The summed E-state index contributed by atoms with van der Waals surface area (Å²) >= 11 is 0. The van der Waals surface area contributed by atoms with E-state index in [1.807, 2.05) is 32.9 Å². The summed E-state index contributed by atoms with van der Waals surface area (Å²) in [6.45, 7) is 9.05. The van der Waals surface area contributed by atoms with E-state index in [0.29, 0.717) is 22.6 Å². The first-order chi connectivity index (χ1) is 17.6. The topological polar surface area (TPSA) is 109 Å². The van der Waals surface area contributed by atoms with Crippen molar-refractivity contribution < 1.29 is 33.3 Å². The number of H-pyrrole nitrogens is 1. The van der Waals surface area contributed by atoms with Crippen molar-refractivity contribution in [3.63, 3.8) is 0 Å². The summed E-state index contributed by atoms with van der Waals surface area (Å²) in [6.07, 6.45) is 0.408. The smallest absolute Gasteiger partial charge is 0.456 e. The third kappa shape index (κ3) is 6.00. The number of benzene rings is 2. The summed E-state index contributed by atoms with van der Waals surface area (Å²) < 4.78 is 27.6. The first-order valence-electron chi connectivity index (χ1n) is 11.9. The van der Waals surface area contributed by atoms with E-state index in [-0.39, 0.29) is 18.6 Å². The Morgan fingerprint density at radius 2 is 1.81 bits per heavy atom. The third-order valence-corrected chi connectivity index (χ3v) is 5.20. The number of methoxy groups -OCH3 is 1. The van der Waals surface area contributed by atoms with Gasteiger partial charge in [0.25, 0.3) is 0 Å². The number of carbonyl (C=O) groups is 2. The van der Waals surface area contributed by atoms with Crippen LogP contribution in [-0.4, -0.2) is 40.9 Å². The van der Waals surface area contributed by atoms with Crippen LogP contribution < -0.4 is 9.47 Å². The predicted molar refractivity (Wildman–Crippen MR) is 138 cm³/mol. The average molecular weight is 507 g/mol. The lowest BCUT2D eigenvalue weighted by atomic mass is 10.1. The van der Waals surface area contributed by atoms with Crippen molar-refractivity contribution in [2.75, 3.05) is 7.11 Å². The van der Waals surface area contributed by atoms with Crippen molar-refractivity contribution in [1.82, 2.24) is 9.97 Å². The molecule has 0 bridgehead atoms. The summed E-state index contributed by atoms with van der Waals surface area (Å²) in [5.41, 5.74) is 1.82. The highest BCUT2D eigenvalue weighted by Crippen LogP contribution is 2.36. The van der Waals surface area contributed by atoms with Crippen molar-refractivity contribution in [1.29, 1.82) is 0 Å². The summed E-state index contributed by atoms with van der Waals surface area (Å²) in [6, 6.07) is 12.4. The Morgan fingerprint density at radius 3 is 2.51 bits per heavy atom. The number of hydrogen-bond acceptors (Lipinski definition) is 8. The Bertz CT molecular complexity index is 1450. The fourth-order valence-electron chi connectivity index (χ4n) is 3.83. The van der Waals surface area contributed by atoms with Gasteiger partial charge in [-0.15, -0.1) is 0 Å². The van der Waals surface area contributed by atoms with Crippen molar-refractivity contribution in [2.45, 2.75) is 52.9 Å². The normalized spacial score (nSPS) is 11.6. The zero-order valence-electron chi connectivity index (χ0n) is 21.7. The lowest BCUT2D eigenvalue weighted by molar-refractivity contribution is 0.00669. The summed E-state index contributed by atoms with van der Waals surface area (Å²) in [5.74, 6) is 0.503. The molecule has 0 amide bonds. The molecule has 0 fully saturated rings. The number of ether oxygens (including phenoxy) is 5. The van der Waals surface area contributed by atoms with E-state index in [2.05, 4.69) is 9.97 Å². The summed E-state index contributed by atoms with van der Waals surface area (Å²) in [4.78, 5) is 32.5. The van der Waals surface area contributed by atoms with Gasteiger partial charge in [-0.25, -0.2) is 14.6 Å². The zero-order valence-corrected chi connectivity index (χ0v) is 21.7. The lowest BCUT2D eigenvalue weighted by Gasteiger charge is -2.20. The standard InChI is InChI=1S/C28H30N2O7/c1-16(2)34-27(32)36-25-20(15-33-6)24-19-13-17(11-12-21(19)30-22(24)14-29-25)35-23-10-8-7-9-18(23)26(31)37-28(3,4)5/h7-14,16,30H,15H2,1-6H3. The maximum atomic E-state index is 12.7. The number of aromatic nitrogens is 2. The second-order valence-corrected chi connectivity index (χ2v) is 9.71. The van der Waals surface area contributed by atoms with Gasteiger partial charge in [-0.3, -0.25) is 0 Å². The number of aromatic amines is 1. The molecule has 2 heterocycles. The van der Waals surface area contributed by atoms with E-state index >= 15 is 0 Å². The second-order valence-electron chi connectivity index (χ2n) is 9.71. The zero-order chi connectivity index (χ0) is 26.7. The van der Waals surface area contributed by atoms with E-state index in [4.69, 9.17) is 23.7 Å². The van der Waals surface area contributed by atoms with Crippen molar-refractivity contribution in [2.24, 2.45) is 0 Å². The molecular weight excluding hydrogens is 476 g/mol. The molecule has 0 unspecified atom stereocenters. The Labute approximate surface area is 214 Å². The first-order valence-corrected chi connectivity index (χ1v) is 11.9. The van der Waals surface area contributed by atoms with E-state index in [9.17, 15) is 9.59 Å².